The summed E-state index contributed by atoms with van der Waals surface area (Å²) in [6.07, 6.45) is 2.60. The van der Waals surface area contributed by atoms with Crippen LogP contribution in [0.1, 0.15) is 62.9 Å². The van der Waals surface area contributed by atoms with Gasteiger partial charge >= 0.3 is 5.97 Å². The lowest BCUT2D eigenvalue weighted by molar-refractivity contribution is -0.137. The van der Waals surface area contributed by atoms with Crippen molar-refractivity contribution in [3.63, 3.8) is 0 Å². The molecule has 2 N–H and O–H groups in total. The van der Waals surface area contributed by atoms with E-state index in [0.29, 0.717) is 40.4 Å². The molecular formula is C22H32O5S3. The molecule has 3 unspecified atom stereocenters. The first kappa shape index (κ1) is 25.3. The van der Waals surface area contributed by atoms with Gasteiger partial charge in [-0.3, -0.25) is 9.59 Å². The van der Waals surface area contributed by atoms with Crippen LogP contribution in [0.5, 0.6) is 11.5 Å². The maximum atomic E-state index is 11.7. The van der Waals surface area contributed by atoms with Crippen LogP contribution in [0, 0.1) is 0 Å². The van der Waals surface area contributed by atoms with E-state index in [-0.39, 0.29) is 22.0 Å². The van der Waals surface area contributed by atoms with Crippen molar-refractivity contribution in [2.45, 2.75) is 68.0 Å². The molecular weight excluding hydrogens is 440 g/mol. The molecule has 1 aromatic carbocycles. The highest BCUT2D eigenvalue weighted by molar-refractivity contribution is 8.22. The Labute approximate surface area is 192 Å². The molecule has 0 radical (unpaired) electrons. The van der Waals surface area contributed by atoms with Crippen molar-refractivity contribution in [2.24, 2.45) is 0 Å². The molecule has 168 valence electrons. The van der Waals surface area contributed by atoms with Crippen LogP contribution in [0.3, 0.4) is 0 Å². The Balaban J connectivity index is 1.80. The Morgan fingerprint density at radius 2 is 2.13 bits per heavy atom. The van der Waals surface area contributed by atoms with Gasteiger partial charge in [0.2, 0.25) is 0 Å². The Hall–Kier alpha value is -0.990. The van der Waals surface area contributed by atoms with Crippen LogP contribution < -0.4 is 4.74 Å². The molecule has 1 heterocycles. The molecule has 8 heteroatoms. The predicted molar refractivity (Wildman–Crippen MR) is 129 cm³/mol. The van der Waals surface area contributed by atoms with Crippen molar-refractivity contribution < 1.29 is 24.5 Å². The molecule has 1 aliphatic rings. The number of carboxylic acid groups (broad SMARTS) is 1. The van der Waals surface area contributed by atoms with Crippen LogP contribution in [-0.2, 0) is 11.2 Å². The van der Waals surface area contributed by atoms with Gasteiger partial charge in [0.15, 0.2) is 5.78 Å². The Morgan fingerprint density at radius 3 is 2.77 bits per heavy atom. The van der Waals surface area contributed by atoms with Gasteiger partial charge in [0.05, 0.1) is 22.7 Å². The zero-order chi connectivity index (χ0) is 22.3. The summed E-state index contributed by atoms with van der Waals surface area (Å²) in [4.78, 5) is 22.7. The molecule has 30 heavy (non-hydrogen) atoms. The van der Waals surface area contributed by atoms with E-state index < -0.39 is 5.97 Å². The number of phenolic OH excluding ortho intramolecular Hbond substituents is 1. The van der Waals surface area contributed by atoms with Crippen molar-refractivity contribution in [3.05, 3.63) is 23.3 Å². The molecule has 1 saturated heterocycles. The fourth-order valence-electron chi connectivity index (χ4n) is 3.39. The minimum atomic E-state index is -0.736. The fourth-order valence-corrected chi connectivity index (χ4v) is 8.28. The number of ketones is 1. The molecule has 0 aliphatic carbocycles. The molecule has 0 spiro atoms. The summed E-state index contributed by atoms with van der Waals surface area (Å²) in [7, 11) is 0. The molecule has 0 saturated carbocycles. The van der Waals surface area contributed by atoms with Gasteiger partial charge in [-0.2, -0.15) is 11.8 Å². The zero-order valence-corrected chi connectivity index (χ0v) is 20.6. The van der Waals surface area contributed by atoms with Gasteiger partial charge in [-0.15, -0.1) is 23.5 Å². The Morgan fingerprint density at radius 1 is 1.40 bits per heavy atom. The summed E-state index contributed by atoms with van der Waals surface area (Å²) in [5.74, 6) is 1.76. The van der Waals surface area contributed by atoms with Crippen LogP contribution in [0.25, 0.3) is 0 Å². The lowest BCUT2D eigenvalue weighted by Gasteiger charge is -2.22. The molecule has 0 amide bonds. The van der Waals surface area contributed by atoms with Crippen LogP contribution >= 0.6 is 35.3 Å². The molecule has 1 fully saturated rings. The number of benzene rings is 1. The number of thioether (sulfide) groups is 3. The van der Waals surface area contributed by atoms with Crippen molar-refractivity contribution in [1.29, 1.82) is 0 Å². The molecule has 0 aromatic heterocycles. The first-order valence-corrected chi connectivity index (χ1v) is 13.2. The smallest absolute Gasteiger partial charge is 0.305 e. The number of ether oxygens (including phenoxy) is 1. The van der Waals surface area contributed by atoms with Crippen LogP contribution in [-0.4, -0.2) is 54.7 Å². The fraction of sp³-hybridized carbons (Fsp3) is 0.636. The van der Waals surface area contributed by atoms with Gasteiger partial charge in [0, 0.05) is 21.8 Å². The highest BCUT2D eigenvalue weighted by Crippen LogP contribution is 2.52. The van der Waals surface area contributed by atoms with E-state index in [9.17, 15) is 14.7 Å². The second-order valence-electron chi connectivity index (χ2n) is 7.69. The van der Waals surface area contributed by atoms with Crippen LogP contribution in [0.4, 0.5) is 0 Å². The molecule has 2 rings (SSSR count). The largest absolute Gasteiger partial charge is 0.507 e. The average Bonchev–Trinajstić information content (AvgIpc) is 3.04. The number of Topliss-reactive ketones (excluding diaryl/α,β-unsaturated/α-hetero) is 1. The standard InChI is InChI=1S/C22H32O5S3/c1-5-7-17-18(9-8-16(14(2)23)21(17)26)27-10-6-11-28-15(3)19-13-29-22(4,30-19)12-20(24)25/h8-9,15,19,26H,5-7,10-13H2,1-4H3,(H,24,25). The summed E-state index contributed by atoms with van der Waals surface area (Å²) < 4.78 is 5.71. The predicted octanol–water partition coefficient (Wildman–Crippen LogP) is 5.48. The SMILES string of the molecule is CCCc1c(OCCCSC(C)C2CSC(C)(CC(=O)O)S2)ccc(C(C)=O)c1O. The minimum absolute atomic E-state index is 0.0463. The van der Waals surface area contributed by atoms with Crippen molar-refractivity contribution in [2.75, 3.05) is 18.1 Å². The van der Waals surface area contributed by atoms with Gasteiger partial charge in [0.1, 0.15) is 11.5 Å². The maximum Gasteiger partial charge on any atom is 0.305 e. The number of aromatic hydroxyl groups is 1. The number of phenols is 1. The lowest BCUT2D eigenvalue weighted by atomic mass is 10.0. The van der Waals surface area contributed by atoms with E-state index in [1.165, 1.54) is 6.92 Å². The highest BCUT2D eigenvalue weighted by Gasteiger charge is 2.40. The third-order valence-corrected chi connectivity index (χ3v) is 10.2. The number of rotatable bonds is 12. The van der Waals surface area contributed by atoms with E-state index in [0.717, 1.165) is 24.3 Å². The number of aliphatic carboxylic acids is 1. The summed E-state index contributed by atoms with van der Waals surface area (Å²) in [6, 6.07) is 3.42. The van der Waals surface area contributed by atoms with E-state index in [1.54, 1.807) is 35.7 Å². The third kappa shape index (κ3) is 7.02. The summed E-state index contributed by atoms with van der Waals surface area (Å²) in [6.45, 7) is 8.28. The van der Waals surface area contributed by atoms with Crippen LogP contribution in [0.2, 0.25) is 0 Å². The topological polar surface area (TPSA) is 83.8 Å². The first-order valence-electron chi connectivity index (χ1n) is 10.3. The van der Waals surface area contributed by atoms with Gasteiger partial charge in [-0.1, -0.05) is 20.3 Å². The van der Waals surface area contributed by atoms with Gasteiger partial charge in [-0.25, -0.2) is 0 Å². The molecule has 1 aromatic rings. The first-order chi connectivity index (χ1) is 14.2. The monoisotopic (exact) mass is 472 g/mol. The number of carbonyl (C=O) groups is 2. The number of hydrogen-bond donors (Lipinski definition) is 2. The number of carbonyl (C=O) groups excluding carboxylic acids is 1. The number of hydrogen-bond acceptors (Lipinski definition) is 7. The van der Waals surface area contributed by atoms with E-state index in [2.05, 4.69) is 6.92 Å². The van der Waals surface area contributed by atoms with E-state index in [4.69, 9.17) is 9.84 Å². The van der Waals surface area contributed by atoms with Gasteiger partial charge in [-0.05, 0) is 44.6 Å². The summed E-state index contributed by atoms with van der Waals surface area (Å²) >= 11 is 5.45. The molecule has 1 aliphatic heterocycles. The molecule has 0 bridgehead atoms. The van der Waals surface area contributed by atoms with Crippen LogP contribution in [0.15, 0.2) is 12.1 Å². The highest BCUT2D eigenvalue weighted by atomic mass is 32.2. The Kier molecular flexibility index (Phi) is 9.75. The maximum absolute atomic E-state index is 11.7. The van der Waals surface area contributed by atoms with Crippen molar-refractivity contribution in [3.8, 4) is 11.5 Å². The normalized spacial score (nSPS) is 22.1. The average molecular weight is 473 g/mol. The number of carboxylic acids is 1. The summed E-state index contributed by atoms with van der Waals surface area (Å²) in [5.41, 5.74) is 1.06. The van der Waals surface area contributed by atoms with Gasteiger partial charge in [0.25, 0.3) is 0 Å². The Bertz CT molecular complexity index is 755. The second kappa shape index (κ2) is 11.6. The second-order valence-corrected chi connectivity index (χ2v) is 12.7. The lowest BCUT2D eigenvalue weighted by Crippen LogP contribution is -2.21. The molecule has 3 atom stereocenters. The van der Waals surface area contributed by atoms with E-state index in [1.807, 2.05) is 25.6 Å². The zero-order valence-electron chi connectivity index (χ0n) is 18.1. The van der Waals surface area contributed by atoms with Crippen molar-refractivity contribution >= 4 is 47.0 Å². The van der Waals surface area contributed by atoms with Crippen molar-refractivity contribution in [1.82, 2.24) is 0 Å². The molecule has 5 nitrogen and oxygen atoms in total. The third-order valence-electron chi connectivity index (χ3n) is 5.00. The minimum Gasteiger partial charge on any atom is -0.507 e. The summed E-state index contributed by atoms with van der Waals surface area (Å²) in [5, 5.41) is 20.4. The van der Waals surface area contributed by atoms with Gasteiger partial charge < -0.3 is 14.9 Å². The quantitative estimate of drug-likeness (QED) is 0.306. The van der Waals surface area contributed by atoms with E-state index >= 15 is 0 Å².